The van der Waals surface area contributed by atoms with Crippen LogP contribution < -0.4 is 9.47 Å². The zero-order chi connectivity index (χ0) is 15.2. The average Bonchev–Trinajstić information content (AvgIpc) is 2.44. The van der Waals surface area contributed by atoms with Crippen molar-refractivity contribution in [3.05, 3.63) is 57.5 Å². The van der Waals surface area contributed by atoms with Crippen molar-refractivity contribution in [2.75, 3.05) is 0 Å². The molecule has 2 aromatic rings. The number of ether oxygens (including phenoxy) is 2. The Bertz CT molecular complexity index is 578. The number of rotatable bonds is 4. The molecule has 108 valence electrons. The maximum absolute atomic E-state index is 11.6. The first-order chi connectivity index (χ1) is 10.0. The molecule has 0 spiro atoms. The summed E-state index contributed by atoms with van der Waals surface area (Å²) in [6.45, 7) is 0. The Morgan fingerprint density at radius 3 is 1.38 bits per heavy atom. The molecule has 0 aromatic heterocycles. The van der Waals surface area contributed by atoms with E-state index in [2.05, 4.69) is 31.9 Å². The molecule has 0 unspecified atom stereocenters. The third-order valence-electron chi connectivity index (χ3n) is 2.38. The monoisotopic (exact) mass is 412 g/mol. The standard InChI is InChI=1S/C15H10Br2O4/c16-10-1-5-12(6-2-10)20-14(18)9-15(19)21-13-7-3-11(17)4-8-13/h1-8H,9H2. The van der Waals surface area contributed by atoms with Crippen LogP contribution in [-0.4, -0.2) is 11.9 Å². The Kier molecular flexibility index (Phi) is 5.52. The largest absolute Gasteiger partial charge is 0.426 e. The number of carbonyl (C=O) groups is 2. The molecule has 0 aliphatic heterocycles. The van der Waals surface area contributed by atoms with Gasteiger partial charge in [-0.25, -0.2) is 0 Å². The second-order valence-corrected chi connectivity index (χ2v) is 5.86. The Labute approximate surface area is 138 Å². The molecule has 0 radical (unpaired) electrons. The van der Waals surface area contributed by atoms with E-state index in [9.17, 15) is 9.59 Å². The van der Waals surface area contributed by atoms with Crippen LogP contribution in [0.3, 0.4) is 0 Å². The van der Waals surface area contributed by atoms with E-state index in [4.69, 9.17) is 9.47 Å². The zero-order valence-electron chi connectivity index (χ0n) is 10.7. The molecular weight excluding hydrogens is 404 g/mol. The lowest BCUT2D eigenvalue weighted by Crippen LogP contribution is -2.18. The SMILES string of the molecule is O=C(CC(=O)Oc1ccc(Br)cc1)Oc1ccc(Br)cc1. The van der Waals surface area contributed by atoms with E-state index in [1.807, 2.05) is 0 Å². The first-order valence-electron chi connectivity index (χ1n) is 5.95. The fourth-order valence-corrected chi connectivity index (χ4v) is 1.99. The average molecular weight is 414 g/mol. The van der Waals surface area contributed by atoms with E-state index in [-0.39, 0.29) is 0 Å². The number of hydrogen-bond acceptors (Lipinski definition) is 4. The van der Waals surface area contributed by atoms with Crippen molar-refractivity contribution < 1.29 is 19.1 Å². The summed E-state index contributed by atoms with van der Waals surface area (Å²) in [6.07, 6.45) is -0.452. The van der Waals surface area contributed by atoms with Gasteiger partial charge in [-0.3, -0.25) is 9.59 Å². The molecule has 0 saturated carbocycles. The number of benzene rings is 2. The summed E-state index contributed by atoms with van der Waals surface area (Å²) in [5, 5.41) is 0. The molecule has 0 aliphatic rings. The van der Waals surface area contributed by atoms with Crippen LogP contribution in [0.2, 0.25) is 0 Å². The zero-order valence-corrected chi connectivity index (χ0v) is 13.9. The highest BCUT2D eigenvalue weighted by molar-refractivity contribution is 9.10. The Morgan fingerprint density at radius 2 is 1.05 bits per heavy atom. The number of hydrogen-bond donors (Lipinski definition) is 0. The van der Waals surface area contributed by atoms with E-state index in [1.165, 1.54) is 0 Å². The van der Waals surface area contributed by atoms with Crippen molar-refractivity contribution in [2.24, 2.45) is 0 Å². The lowest BCUT2D eigenvalue weighted by atomic mass is 10.3. The molecule has 6 heteroatoms. The van der Waals surface area contributed by atoms with Crippen LogP contribution in [0.4, 0.5) is 0 Å². The molecule has 0 atom stereocenters. The summed E-state index contributed by atoms with van der Waals surface area (Å²) in [5.41, 5.74) is 0. The van der Waals surface area contributed by atoms with Crippen LogP contribution in [-0.2, 0) is 9.59 Å². The minimum absolute atomic E-state index is 0.375. The van der Waals surface area contributed by atoms with Crippen molar-refractivity contribution in [1.82, 2.24) is 0 Å². The lowest BCUT2D eigenvalue weighted by Gasteiger charge is -2.05. The van der Waals surface area contributed by atoms with Crippen molar-refractivity contribution in [3.8, 4) is 11.5 Å². The molecule has 4 nitrogen and oxygen atoms in total. The predicted octanol–water partition coefficient (Wildman–Crippen LogP) is 4.11. The summed E-state index contributed by atoms with van der Waals surface area (Å²) in [4.78, 5) is 23.2. The van der Waals surface area contributed by atoms with Crippen molar-refractivity contribution in [3.63, 3.8) is 0 Å². The van der Waals surface area contributed by atoms with Gasteiger partial charge in [0.1, 0.15) is 17.9 Å². The topological polar surface area (TPSA) is 52.6 Å². The van der Waals surface area contributed by atoms with Gasteiger partial charge in [0.25, 0.3) is 0 Å². The van der Waals surface area contributed by atoms with Crippen LogP contribution in [0.1, 0.15) is 6.42 Å². The molecule has 21 heavy (non-hydrogen) atoms. The smallest absolute Gasteiger partial charge is 0.322 e. The van der Waals surface area contributed by atoms with Crippen LogP contribution in [0.5, 0.6) is 11.5 Å². The van der Waals surface area contributed by atoms with Crippen molar-refractivity contribution in [2.45, 2.75) is 6.42 Å². The highest BCUT2D eigenvalue weighted by Crippen LogP contribution is 2.18. The second kappa shape index (κ2) is 7.38. The van der Waals surface area contributed by atoms with Crippen LogP contribution in [0.15, 0.2) is 57.5 Å². The van der Waals surface area contributed by atoms with Crippen molar-refractivity contribution >= 4 is 43.8 Å². The molecule has 0 bridgehead atoms. The van der Waals surface area contributed by atoms with Crippen LogP contribution >= 0.6 is 31.9 Å². The summed E-state index contributed by atoms with van der Waals surface area (Å²) in [7, 11) is 0. The van der Waals surface area contributed by atoms with Gasteiger partial charge in [0.2, 0.25) is 0 Å². The number of halogens is 2. The molecule has 2 rings (SSSR count). The van der Waals surface area contributed by atoms with Gasteiger partial charge in [0, 0.05) is 8.95 Å². The fourth-order valence-electron chi connectivity index (χ4n) is 1.46. The fraction of sp³-hybridized carbons (Fsp3) is 0.0667. The molecule has 0 amide bonds. The van der Waals surface area contributed by atoms with Gasteiger partial charge in [-0.2, -0.15) is 0 Å². The molecule has 0 heterocycles. The molecule has 0 aliphatic carbocycles. The lowest BCUT2D eigenvalue weighted by molar-refractivity contribution is -0.144. The van der Waals surface area contributed by atoms with Gasteiger partial charge >= 0.3 is 11.9 Å². The maximum Gasteiger partial charge on any atom is 0.322 e. The van der Waals surface area contributed by atoms with Crippen LogP contribution in [0.25, 0.3) is 0 Å². The van der Waals surface area contributed by atoms with E-state index in [0.29, 0.717) is 11.5 Å². The Hall–Kier alpha value is -1.66. The van der Waals surface area contributed by atoms with Gasteiger partial charge < -0.3 is 9.47 Å². The molecular formula is C15H10Br2O4. The van der Waals surface area contributed by atoms with Gasteiger partial charge in [0.05, 0.1) is 0 Å². The maximum atomic E-state index is 11.6. The number of esters is 2. The van der Waals surface area contributed by atoms with Crippen LogP contribution in [0, 0.1) is 0 Å². The van der Waals surface area contributed by atoms with E-state index in [0.717, 1.165) is 8.95 Å². The van der Waals surface area contributed by atoms with E-state index >= 15 is 0 Å². The quantitative estimate of drug-likeness (QED) is 0.430. The Balaban J connectivity index is 1.85. The molecule has 2 aromatic carbocycles. The first kappa shape index (κ1) is 15.7. The first-order valence-corrected chi connectivity index (χ1v) is 7.54. The normalized spacial score (nSPS) is 10.0. The third-order valence-corrected chi connectivity index (χ3v) is 3.44. The summed E-state index contributed by atoms with van der Waals surface area (Å²) in [6, 6.07) is 13.5. The third kappa shape index (κ3) is 5.32. The van der Waals surface area contributed by atoms with Gasteiger partial charge in [-0.05, 0) is 48.5 Å². The Morgan fingerprint density at radius 1 is 0.714 bits per heavy atom. The predicted molar refractivity (Wildman–Crippen MR) is 84.2 cm³/mol. The molecule has 0 N–H and O–H groups in total. The minimum atomic E-state index is -0.667. The highest BCUT2D eigenvalue weighted by Gasteiger charge is 2.14. The van der Waals surface area contributed by atoms with Gasteiger partial charge in [-0.1, -0.05) is 31.9 Å². The van der Waals surface area contributed by atoms with E-state index in [1.54, 1.807) is 48.5 Å². The minimum Gasteiger partial charge on any atom is -0.426 e. The summed E-state index contributed by atoms with van der Waals surface area (Å²) < 4.78 is 11.8. The van der Waals surface area contributed by atoms with E-state index < -0.39 is 18.4 Å². The molecule has 0 saturated heterocycles. The molecule has 0 fully saturated rings. The van der Waals surface area contributed by atoms with Crippen molar-refractivity contribution in [1.29, 1.82) is 0 Å². The second-order valence-electron chi connectivity index (χ2n) is 4.03. The summed E-state index contributed by atoms with van der Waals surface area (Å²) in [5.74, 6) is -0.585. The van der Waals surface area contributed by atoms with Gasteiger partial charge in [0.15, 0.2) is 0 Å². The van der Waals surface area contributed by atoms with Gasteiger partial charge in [-0.15, -0.1) is 0 Å². The summed E-state index contributed by atoms with van der Waals surface area (Å²) >= 11 is 6.55. The number of carbonyl (C=O) groups excluding carboxylic acids is 2. The highest BCUT2D eigenvalue weighted by atomic mass is 79.9.